The molecule has 1 aromatic carbocycles. The minimum Gasteiger partial charge on any atom is -0.364 e. The van der Waals surface area contributed by atoms with E-state index in [4.69, 9.17) is 4.74 Å². The number of hydrogen-bond acceptors (Lipinski definition) is 2. The van der Waals surface area contributed by atoms with Gasteiger partial charge in [0, 0.05) is 10.2 Å². The third-order valence-electron chi connectivity index (χ3n) is 3.16. The second kappa shape index (κ2) is 6.50. The molecule has 2 N–H and O–H groups in total. The number of carbonyl (C=O) groups excluding carboxylic acids is 1. The van der Waals surface area contributed by atoms with Crippen LogP contribution in [-0.4, -0.2) is 37.7 Å². The highest BCUT2D eigenvalue weighted by molar-refractivity contribution is 9.10. The van der Waals surface area contributed by atoms with Gasteiger partial charge < -0.3 is 15.0 Å². The largest absolute Gasteiger partial charge is 0.364 e. The van der Waals surface area contributed by atoms with Gasteiger partial charge in [-0.05, 0) is 38.1 Å². The molecule has 0 aliphatic carbocycles. The van der Waals surface area contributed by atoms with Crippen LogP contribution < -0.4 is 10.2 Å². The van der Waals surface area contributed by atoms with E-state index in [1.54, 1.807) is 0 Å². The van der Waals surface area contributed by atoms with Gasteiger partial charge in [0.25, 0.3) is 5.91 Å². The molecule has 1 heterocycles. The summed E-state index contributed by atoms with van der Waals surface area (Å²) in [6.45, 7) is 6.38. The van der Waals surface area contributed by atoms with Crippen molar-refractivity contribution in [2.45, 2.75) is 26.1 Å². The van der Waals surface area contributed by atoms with E-state index in [-0.39, 0.29) is 18.1 Å². The Bertz CT molecular complexity index is 426. The number of rotatable bonds is 3. The fourth-order valence-corrected chi connectivity index (χ4v) is 2.76. The highest BCUT2D eigenvalue weighted by Gasteiger charge is 2.27. The molecule has 0 aromatic heterocycles. The summed E-state index contributed by atoms with van der Waals surface area (Å²) in [6.07, 6.45) is 0.443. The first-order valence-electron chi connectivity index (χ1n) is 6.57. The zero-order valence-electron chi connectivity index (χ0n) is 11.3. The van der Waals surface area contributed by atoms with Gasteiger partial charge >= 0.3 is 0 Å². The number of carbonyl (C=O) groups is 1. The smallest absolute Gasteiger partial charge is 0.279 e. The minimum atomic E-state index is 0.0543. The van der Waals surface area contributed by atoms with Crippen LogP contribution in [-0.2, 0) is 9.53 Å². The predicted octanol–water partition coefficient (Wildman–Crippen LogP) is 1.08. The van der Waals surface area contributed by atoms with Crippen LogP contribution in [0.5, 0.6) is 0 Å². The summed E-state index contributed by atoms with van der Waals surface area (Å²) >= 11 is 3.37. The maximum absolute atomic E-state index is 12.0. The molecule has 19 heavy (non-hydrogen) atoms. The summed E-state index contributed by atoms with van der Waals surface area (Å²) in [6, 6.07) is 7.62. The van der Waals surface area contributed by atoms with Gasteiger partial charge in [-0.3, -0.25) is 4.79 Å². The summed E-state index contributed by atoms with van der Waals surface area (Å²) in [5.41, 5.74) is 0.835. The number of halogens is 1. The normalized spacial score (nSPS) is 27.0. The molecule has 4 nitrogen and oxygen atoms in total. The maximum Gasteiger partial charge on any atom is 0.279 e. The van der Waals surface area contributed by atoms with E-state index in [9.17, 15) is 4.79 Å². The van der Waals surface area contributed by atoms with Gasteiger partial charge in [-0.25, -0.2) is 0 Å². The van der Waals surface area contributed by atoms with Gasteiger partial charge in [0.05, 0.1) is 0 Å². The van der Waals surface area contributed by atoms with Crippen molar-refractivity contribution in [2.75, 3.05) is 25.0 Å². The monoisotopic (exact) mass is 327 g/mol. The lowest BCUT2D eigenvalue weighted by Crippen LogP contribution is -3.16. The number of amides is 1. The lowest BCUT2D eigenvalue weighted by molar-refractivity contribution is -0.907. The van der Waals surface area contributed by atoms with Crippen LogP contribution in [0.15, 0.2) is 28.7 Å². The van der Waals surface area contributed by atoms with Crippen LogP contribution in [0.4, 0.5) is 5.69 Å². The average molecular weight is 328 g/mol. The van der Waals surface area contributed by atoms with Gasteiger partial charge in [-0.1, -0.05) is 15.9 Å². The zero-order chi connectivity index (χ0) is 13.8. The number of nitrogens with one attached hydrogen (secondary N) is 2. The molecule has 1 saturated heterocycles. The van der Waals surface area contributed by atoms with E-state index in [0.717, 1.165) is 23.2 Å². The Morgan fingerprint density at radius 2 is 1.89 bits per heavy atom. The highest BCUT2D eigenvalue weighted by Crippen LogP contribution is 2.13. The molecule has 1 aliphatic heterocycles. The van der Waals surface area contributed by atoms with Gasteiger partial charge in [0.1, 0.15) is 25.3 Å². The molecular weight excluding hydrogens is 308 g/mol. The number of benzene rings is 1. The number of ether oxygens (including phenoxy) is 1. The quantitative estimate of drug-likeness (QED) is 0.872. The van der Waals surface area contributed by atoms with Crippen LogP contribution in [0.2, 0.25) is 0 Å². The van der Waals surface area contributed by atoms with Crippen molar-refractivity contribution < 1.29 is 14.4 Å². The van der Waals surface area contributed by atoms with Crippen LogP contribution in [0, 0.1) is 0 Å². The maximum atomic E-state index is 12.0. The number of hydrogen-bond donors (Lipinski definition) is 2. The second-order valence-corrected chi connectivity index (χ2v) is 6.06. The molecule has 1 amide bonds. The molecule has 1 unspecified atom stereocenters. The Hall–Kier alpha value is -0.910. The molecule has 3 atom stereocenters. The third kappa shape index (κ3) is 4.60. The molecular formula is C14H20BrN2O2+. The topological polar surface area (TPSA) is 42.8 Å². The van der Waals surface area contributed by atoms with Crippen molar-refractivity contribution in [1.29, 1.82) is 0 Å². The lowest BCUT2D eigenvalue weighted by Gasteiger charge is -2.31. The molecule has 0 radical (unpaired) electrons. The summed E-state index contributed by atoms with van der Waals surface area (Å²) < 4.78 is 6.68. The molecule has 104 valence electrons. The molecule has 1 aliphatic rings. The Balaban J connectivity index is 1.85. The fourth-order valence-electron chi connectivity index (χ4n) is 2.50. The Kier molecular flexibility index (Phi) is 4.96. The van der Waals surface area contributed by atoms with E-state index >= 15 is 0 Å². The van der Waals surface area contributed by atoms with E-state index in [2.05, 4.69) is 35.1 Å². The number of anilines is 1. The number of morpholine rings is 1. The fraction of sp³-hybridized carbons (Fsp3) is 0.500. The van der Waals surface area contributed by atoms with E-state index in [1.165, 1.54) is 4.90 Å². The van der Waals surface area contributed by atoms with Gasteiger partial charge in [-0.15, -0.1) is 0 Å². The molecule has 1 aromatic rings. The van der Waals surface area contributed by atoms with Crippen molar-refractivity contribution in [3.63, 3.8) is 0 Å². The average Bonchev–Trinajstić information content (AvgIpc) is 2.30. The highest BCUT2D eigenvalue weighted by atomic mass is 79.9. The molecule has 0 spiro atoms. The first-order valence-corrected chi connectivity index (χ1v) is 7.36. The van der Waals surface area contributed by atoms with Gasteiger partial charge in [0.15, 0.2) is 6.54 Å². The Morgan fingerprint density at radius 3 is 2.47 bits per heavy atom. The minimum absolute atomic E-state index is 0.0543. The van der Waals surface area contributed by atoms with Crippen molar-refractivity contribution in [3.05, 3.63) is 28.7 Å². The summed E-state index contributed by atoms with van der Waals surface area (Å²) in [7, 11) is 0. The standard InChI is InChI=1S/C14H19BrN2O2/c1-10-7-17(8-11(2)19-10)9-14(18)16-13-5-3-12(15)4-6-13/h3-6,10-11H,7-9H2,1-2H3,(H,16,18)/p+1/t10-,11+. The number of quaternary nitrogens is 1. The second-order valence-electron chi connectivity index (χ2n) is 5.15. The third-order valence-corrected chi connectivity index (χ3v) is 3.68. The Labute approximate surface area is 122 Å². The first kappa shape index (κ1) is 14.5. The van der Waals surface area contributed by atoms with E-state index in [1.807, 2.05) is 24.3 Å². The first-order chi connectivity index (χ1) is 9.02. The SMILES string of the molecule is C[C@@H]1C[NH+](CC(=O)Nc2ccc(Br)cc2)C[C@H](C)O1. The van der Waals surface area contributed by atoms with Crippen LogP contribution >= 0.6 is 15.9 Å². The molecule has 0 saturated carbocycles. The van der Waals surface area contributed by atoms with Crippen LogP contribution in [0.3, 0.4) is 0 Å². The van der Waals surface area contributed by atoms with Gasteiger partial charge in [-0.2, -0.15) is 0 Å². The lowest BCUT2D eigenvalue weighted by atomic mass is 10.2. The van der Waals surface area contributed by atoms with Crippen LogP contribution in [0.25, 0.3) is 0 Å². The molecule has 2 rings (SSSR count). The zero-order valence-corrected chi connectivity index (χ0v) is 12.9. The van der Waals surface area contributed by atoms with Crippen molar-refractivity contribution in [2.24, 2.45) is 0 Å². The van der Waals surface area contributed by atoms with Gasteiger partial charge in [0.2, 0.25) is 0 Å². The van der Waals surface area contributed by atoms with Crippen LogP contribution in [0.1, 0.15) is 13.8 Å². The van der Waals surface area contributed by atoms with Crippen molar-refractivity contribution in [1.82, 2.24) is 0 Å². The van der Waals surface area contributed by atoms with E-state index in [0.29, 0.717) is 6.54 Å². The van der Waals surface area contributed by atoms with E-state index < -0.39 is 0 Å². The van der Waals surface area contributed by atoms with Crippen molar-refractivity contribution >= 4 is 27.5 Å². The molecule has 0 bridgehead atoms. The predicted molar refractivity (Wildman–Crippen MR) is 78.3 cm³/mol. The molecule has 5 heteroatoms. The summed E-state index contributed by atoms with van der Waals surface area (Å²) in [4.78, 5) is 13.3. The Morgan fingerprint density at radius 1 is 1.32 bits per heavy atom. The van der Waals surface area contributed by atoms with Crippen molar-refractivity contribution in [3.8, 4) is 0 Å². The summed E-state index contributed by atoms with van der Waals surface area (Å²) in [5, 5.41) is 2.92. The molecule has 1 fully saturated rings. The summed E-state index contributed by atoms with van der Waals surface area (Å²) in [5.74, 6) is 0.0543.